The number of benzene rings is 1. The van der Waals surface area contributed by atoms with Crippen LogP contribution in [0, 0.1) is 11.7 Å². The fourth-order valence-corrected chi connectivity index (χ4v) is 3.37. The van der Waals surface area contributed by atoms with Gasteiger partial charge in [0.1, 0.15) is 5.82 Å². The Balaban J connectivity index is 1.97. The predicted octanol–water partition coefficient (Wildman–Crippen LogP) is 3.37. The van der Waals surface area contributed by atoms with E-state index in [1.165, 1.54) is 23.5 Å². The highest BCUT2D eigenvalue weighted by Crippen LogP contribution is 2.16. The van der Waals surface area contributed by atoms with E-state index in [9.17, 15) is 14.0 Å². The van der Waals surface area contributed by atoms with E-state index in [0.717, 1.165) is 10.6 Å². The first kappa shape index (κ1) is 20.0. The van der Waals surface area contributed by atoms with Gasteiger partial charge in [-0.15, -0.1) is 11.3 Å². The number of amides is 1. The summed E-state index contributed by atoms with van der Waals surface area (Å²) in [5.41, 5.74) is 1.64. The number of halogens is 1. The van der Waals surface area contributed by atoms with E-state index in [1.807, 2.05) is 19.2 Å². The van der Waals surface area contributed by atoms with Crippen molar-refractivity contribution in [3.05, 3.63) is 51.7 Å². The largest absolute Gasteiger partial charge is 0.481 e. The van der Waals surface area contributed by atoms with Gasteiger partial charge in [0, 0.05) is 24.9 Å². The Morgan fingerprint density at radius 3 is 2.58 bits per heavy atom. The Bertz CT molecular complexity index is 743. The van der Waals surface area contributed by atoms with Gasteiger partial charge in [0.15, 0.2) is 0 Å². The first-order chi connectivity index (χ1) is 12.3. The number of aliphatic carboxylic acids is 1. The van der Waals surface area contributed by atoms with Crippen molar-refractivity contribution in [3.8, 4) is 0 Å². The van der Waals surface area contributed by atoms with Crippen molar-refractivity contribution >= 4 is 23.2 Å². The lowest BCUT2D eigenvalue weighted by Crippen LogP contribution is -2.37. The highest BCUT2D eigenvalue weighted by atomic mass is 32.1. The third-order valence-corrected chi connectivity index (χ3v) is 4.63. The number of nitrogens with zero attached hydrogens (tertiary/aromatic N) is 2. The molecule has 0 radical (unpaired) electrons. The summed E-state index contributed by atoms with van der Waals surface area (Å²) in [6.07, 6.45) is 0.686. The molecule has 1 N–H and O–H groups in total. The number of rotatable bonds is 9. The van der Waals surface area contributed by atoms with E-state index in [0.29, 0.717) is 18.7 Å². The summed E-state index contributed by atoms with van der Waals surface area (Å²) in [6, 6.07) is 6.27. The van der Waals surface area contributed by atoms with Crippen molar-refractivity contribution in [1.82, 2.24) is 9.88 Å². The quantitative estimate of drug-likeness (QED) is 0.726. The second-order valence-electron chi connectivity index (χ2n) is 6.59. The van der Waals surface area contributed by atoms with Crippen LogP contribution < -0.4 is 0 Å². The molecule has 0 atom stereocenters. The topological polar surface area (TPSA) is 70.5 Å². The highest BCUT2D eigenvalue weighted by molar-refractivity contribution is 7.09. The third-order valence-electron chi connectivity index (χ3n) is 3.73. The molecule has 7 heteroatoms. The van der Waals surface area contributed by atoms with Crippen LogP contribution in [0.2, 0.25) is 0 Å². The van der Waals surface area contributed by atoms with Gasteiger partial charge in [-0.25, -0.2) is 9.37 Å². The summed E-state index contributed by atoms with van der Waals surface area (Å²) in [6.45, 7) is 4.72. The number of thiazole rings is 1. The van der Waals surface area contributed by atoms with Crippen LogP contribution in [0.1, 0.15) is 36.5 Å². The SMILES string of the molecule is CC(C)CN(CCC(=O)O)C(=O)Cc1csc(Cc2ccc(F)cc2)n1. The van der Waals surface area contributed by atoms with Crippen LogP contribution in [-0.4, -0.2) is 40.0 Å². The van der Waals surface area contributed by atoms with E-state index in [1.54, 1.807) is 17.0 Å². The number of carbonyl (C=O) groups is 2. The minimum absolute atomic E-state index is 0.0641. The Kier molecular flexibility index (Phi) is 7.26. The van der Waals surface area contributed by atoms with Crippen molar-refractivity contribution in [1.29, 1.82) is 0 Å². The van der Waals surface area contributed by atoms with Gasteiger partial charge in [0.2, 0.25) is 5.91 Å². The van der Waals surface area contributed by atoms with Crippen LogP contribution in [0.4, 0.5) is 4.39 Å². The maximum absolute atomic E-state index is 13.0. The smallest absolute Gasteiger partial charge is 0.305 e. The van der Waals surface area contributed by atoms with Crippen molar-refractivity contribution in [2.75, 3.05) is 13.1 Å². The molecule has 2 aromatic rings. The van der Waals surface area contributed by atoms with Crippen LogP contribution in [0.5, 0.6) is 0 Å². The zero-order valence-electron chi connectivity index (χ0n) is 14.9. The molecule has 0 fully saturated rings. The number of hydrogen-bond acceptors (Lipinski definition) is 4. The van der Waals surface area contributed by atoms with Crippen LogP contribution in [0.15, 0.2) is 29.6 Å². The van der Waals surface area contributed by atoms with Crippen LogP contribution in [0.3, 0.4) is 0 Å². The fourth-order valence-electron chi connectivity index (χ4n) is 2.54. The van der Waals surface area contributed by atoms with Gasteiger partial charge in [-0.1, -0.05) is 26.0 Å². The van der Waals surface area contributed by atoms with Gasteiger partial charge in [0.05, 0.1) is 23.5 Å². The average molecular weight is 378 g/mol. The molecule has 0 aliphatic carbocycles. The lowest BCUT2D eigenvalue weighted by molar-refractivity contribution is -0.138. The predicted molar refractivity (Wildman–Crippen MR) is 98.7 cm³/mol. The summed E-state index contributed by atoms with van der Waals surface area (Å²) >= 11 is 1.46. The lowest BCUT2D eigenvalue weighted by Gasteiger charge is -2.23. The van der Waals surface area contributed by atoms with E-state index in [2.05, 4.69) is 4.98 Å². The van der Waals surface area contributed by atoms with Gasteiger partial charge in [-0.2, -0.15) is 0 Å². The van der Waals surface area contributed by atoms with Crippen molar-refractivity contribution < 1.29 is 19.1 Å². The maximum Gasteiger partial charge on any atom is 0.305 e. The summed E-state index contributed by atoms with van der Waals surface area (Å²) in [5, 5.41) is 11.6. The summed E-state index contributed by atoms with van der Waals surface area (Å²) in [7, 11) is 0. The molecule has 1 heterocycles. The zero-order valence-corrected chi connectivity index (χ0v) is 15.8. The molecule has 0 spiro atoms. The van der Waals surface area contributed by atoms with Crippen molar-refractivity contribution in [3.63, 3.8) is 0 Å². The Morgan fingerprint density at radius 1 is 1.27 bits per heavy atom. The minimum atomic E-state index is -0.915. The molecular weight excluding hydrogens is 355 g/mol. The fraction of sp³-hybridized carbons (Fsp3) is 0.421. The minimum Gasteiger partial charge on any atom is -0.481 e. The van der Waals surface area contributed by atoms with E-state index < -0.39 is 5.97 Å². The third kappa shape index (κ3) is 6.55. The molecule has 1 aromatic heterocycles. The summed E-state index contributed by atoms with van der Waals surface area (Å²) < 4.78 is 13.0. The van der Waals surface area contributed by atoms with Gasteiger partial charge in [-0.3, -0.25) is 9.59 Å². The average Bonchev–Trinajstić information content (AvgIpc) is 3.00. The molecule has 0 aliphatic heterocycles. The molecule has 0 saturated carbocycles. The molecule has 0 aliphatic rings. The molecular formula is C19H23FN2O3S. The molecule has 0 saturated heterocycles. The summed E-state index contributed by atoms with van der Waals surface area (Å²) in [4.78, 5) is 29.4. The van der Waals surface area contributed by atoms with Crippen molar-refractivity contribution in [2.24, 2.45) is 5.92 Å². The first-order valence-corrected chi connectivity index (χ1v) is 9.38. The second-order valence-corrected chi connectivity index (χ2v) is 7.53. The Labute approximate surface area is 156 Å². The van der Waals surface area contributed by atoms with E-state index >= 15 is 0 Å². The van der Waals surface area contributed by atoms with Gasteiger partial charge >= 0.3 is 5.97 Å². The number of carbonyl (C=O) groups excluding carboxylic acids is 1. The number of hydrogen-bond donors (Lipinski definition) is 1. The van der Waals surface area contributed by atoms with Gasteiger partial charge < -0.3 is 10.0 Å². The number of carboxylic acids is 1. The second kappa shape index (κ2) is 9.43. The molecule has 26 heavy (non-hydrogen) atoms. The first-order valence-electron chi connectivity index (χ1n) is 8.50. The molecule has 2 rings (SSSR count). The molecule has 1 amide bonds. The van der Waals surface area contributed by atoms with Gasteiger partial charge in [0.25, 0.3) is 0 Å². The van der Waals surface area contributed by atoms with Crippen LogP contribution >= 0.6 is 11.3 Å². The highest BCUT2D eigenvalue weighted by Gasteiger charge is 2.18. The van der Waals surface area contributed by atoms with Crippen molar-refractivity contribution in [2.45, 2.75) is 33.1 Å². The van der Waals surface area contributed by atoms with Crippen LogP contribution in [-0.2, 0) is 22.4 Å². The van der Waals surface area contributed by atoms with Crippen LogP contribution in [0.25, 0.3) is 0 Å². The normalized spacial score (nSPS) is 10.9. The van der Waals surface area contributed by atoms with Gasteiger partial charge in [-0.05, 0) is 23.6 Å². The standard InChI is InChI=1S/C19H23FN2O3S/c1-13(2)11-22(8-7-19(24)25)18(23)10-16-12-26-17(21-16)9-14-3-5-15(20)6-4-14/h3-6,12-13H,7-11H2,1-2H3,(H,24,25). The zero-order chi connectivity index (χ0) is 19.1. The molecule has 0 bridgehead atoms. The Hall–Kier alpha value is -2.28. The summed E-state index contributed by atoms with van der Waals surface area (Å²) in [5.74, 6) is -1.04. The maximum atomic E-state index is 13.0. The molecule has 5 nitrogen and oxygen atoms in total. The molecule has 1 aromatic carbocycles. The molecule has 0 unspecified atom stereocenters. The Morgan fingerprint density at radius 2 is 1.96 bits per heavy atom. The monoisotopic (exact) mass is 378 g/mol. The number of carboxylic acid groups (broad SMARTS) is 1. The lowest BCUT2D eigenvalue weighted by atomic mass is 10.1. The van der Waals surface area contributed by atoms with E-state index in [4.69, 9.17) is 5.11 Å². The van der Waals surface area contributed by atoms with E-state index in [-0.39, 0.29) is 37.0 Å². The molecule has 140 valence electrons. The number of aromatic nitrogens is 1.